The largest absolute Gasteiger partial charge is 0.392 e. The number of carbonyl (C=O) groups is 2. The lowest BCUT2D eigenvalue weighted by molar-refractivity contribution is -0.123. The van der Waals surface area contributed by atoms with Crippen molar-refractivity contribution < 1.29 is 23.5 Å². The molecule has 2 fully saturated rings. The monoisotopic (exact) mass is 594 g/mol. The lowest BCUT2D eigenvalue weighted by Gasteiger charge is -2.37. The molecule has 7 nitrogen and oxygen atoms in total. The molecule has 4 N–H and O–H groups in total. The molecular formula is C29H34Cl2F2N4O3. The van der Waals surface area contributed by atoms with Gasteiger partial charge < -0.3 is 21.1 Å². The molecule has 1 spiro atoms. The fraction of sp³-hybridized carbons (Fsp3) is 0.517. The van der Waals surface area contributed by atoms with Crippen molar-refractivity contribution in [3.05, 3.63) is 63.1 Å². The smallest absolute Gasteiger partial charge is 0.237 e. The van der Waals surface area contributed by atoms with Crippen LogP contribution in [0.25, 0.3) is 0 Å². The first-order valence-corrected chi connectivity index (χ1v) is 14.3. The van der Waals surface area contributed by atoms with Gasteiger partial charge in [-0.15, -0.1) is 0 Å². The molecule has 3 aliphatic rings. The first kappa shape index (κ1) is 29.2. The van der Waals surface area contributed by atoms with Gasteiger partial charge in [0.1, 0.15) is 17.0 Å². The molecule has 0 aliphatic carbocycles. The Labute approximate surface area is 242 Å². The van der Waals surface area contributed by atoms with Gasteiger partial charge >= 0.3 is 0 Å². The second kappa shape index (κ2) is 10.8. The van der Waals surface area contributed by atoms with E-state index in [0.717, 1.165) is 6.54 Å². The number of anilines is 1. The van der Waals surface area contributed by atoms with Crippen molar-refractivity contribution >= 4 is 40.7 Å². The van der Waals surface area contributed by atoms with Crippen LogP contribution in [0.2, 0.25) is 10.0 Å². The number of hydrogen-bond donors (Lipinski definition) is 4. The summed E-state index contributed by atoms with van der Waals surface area (Å²) < 4.78 is 29.3. The quantitative estimate of drug-likeness (QED) is 0.402. The second-order valence-electron chi connectivity index (χ2n) is 12.3. The highest BCUT2D eigenvalue weighted by molar-refractivity contribution is 6.31. The van der Waals surface area contributed by atoms with Crippen molar-refractivity contribution in [2.75, 3.05) is 31.5 Å². The third-order valence-electron chi connectivity index (χ3n) is 8.26. The number of nitrogens with zero attached hydrogens (tertiary/aromatic N) is 1. The van der Waals surface area contributed by atoms with Crippen LogP contribution in [0.3, 0.4) is 0 Å². The molecule has 5 rings (SSSR count). The van der Waals surface area contributed by atoms with Gasteiger partial charge in [-0.2, -0.15) is 0 Å². The summed E-state index contributed by atoms with van der Waals surface area (Å²) in [4.78, 5) is 30.0. The Morgan fingerprint density at radius 2 is 1.90 bits per heavy atom. The maximum absolute atomic E-state index is 15.0. The summed E-state index contributed by atoms with van der Waals surface area (Å²) in [7, 11) is 0. The number of benzene rings is 2. The predicted octanol–water partition coefficient (Wildman–Crippen LogP) is 4.20. The standard InChI is InChI=1S/C29H34Cl2F2N4O3/c1-28(2,3)13-23-29(17-11-21(33)19(31)12-22(17)35-27(29)40)24(15-4-5-20(32)18(30)10-15)25(36-23)26(39)34-7-9-37-8-6-16(38)14-37/h4-5,10-12,16,23-25,36,38H,6-9,13-14H2,1-3H3,(H,34,39)(H,35,40)/t16-,23-,24+,25-,29+/m1/s1. The highest BCUT2D eigenvalue weighted by Gasteiger charge is 2.66. The van der Waals surface area contributed by atoms with Gasteiger partial charge in [-0.05, 0) is 53.6 Å². The van der Waals surface area contributed by atoms with Gasteiger partial charge in [-0.3, -0.25) is 14.5 Å². The second-order valence-corrected chi connectivity index (χ2v) is 13.1. The minimum Gasteiger partial charge on any atom is -0.392 e. The summed E-state index contributed by atoms with van der Waals surface area (Å²) in [6, 6.07) is 5.35. The molecule has 216 valence electrons. The van der Waals surface area contributed by atoms with E-state index in [-0.39, 0.29) is 27.5 Å². The van der Waals surface area contributed by atoms with Crippen molar-refractivity contribution in [3.8, 4) is 0 Å². The Morgan fingerprint density at radius 1 is 1.18 bits per heavy atom. The zero-order valence-corrected chi connectivity index (χ0v) is 24.2. The summed E-state index contributed by atoms with van der Waals surface area (Å²) in [6.45, 7) is 8.28. The molecular weight excluding hydrogens is 561 g/mol. The van der Waals surface area contributed by atoms with Crippen LogP contribution >= 0.6 is 23.2 Å². The molecule has 0 saturated carbocycles. The molecule has 5 atom stereocenters. The number of aliphatic hydroxyl groups is 1. The fourth-order valence-electron chi connectivity index (χ4n) is 6.60. The van der Waals surface area contributed by atoms with Crippen LogP contribution in [0.1, 0.15) is 50.7 Å². The average molecular weight is 596 g/mol. The number of fused-ring (bicyclic) bond motifs is 2. The van der Waals surface area contributed by atoms with Gasteiger partial charge in [0.15, 0.2) is 0 Å². The number of likely N-dealkylation sites (tertiary alicyclic amines) is 1. The number of carbonyl (C=O) groups excluding carboxylic acids is 2. The first-order valence-electron chi connectivity index (χ1n) is 13.5. The summed E-state index contributed by atoms with van der Waals surface area (Å²) in [5, 5.41) is 18.9. The van der Waals surface area contributed by atoms with Gasteiger partial charge in [-0.1, -0.05) is 50.0 Å². The molecule has 0 bridgehead atoms. The number of amides is 2. The van der Waals surface area contributed by atoms with E-state index >= 15 is 0 Å². The Kier molecular flexibility index (Phi) is 7.91. The molecule has 0 radical (unpaired) electrons. The molecule has 40 heavy (non-hydrogen) atoms. The lowest BCUT2D eigenvalue weighted by Crippen LogP contribution is -2.49. The van der Waals surface area contributed by atoms with E-state index in [1.165, 1.54) is 30.3 Å². The normalized spacial score (nSPS) is 28.2. The van der Waals surface area contributed by atoms with E-state index < -0.39 is 41.0 Å². The minimum atomic E-state index is -1.41. The molecule has 3 heterocycles. The molecule has 2 amide bonds. The summed E-state index contributed by atoms with van der Waals surface area (Å²) >= 11 is 12.3. The molecule has 3 aliphatic heterocycles. The number of rotatable bonds is 6. The van der Waals surface area contributed by atoms with E-state index in [4.69, 9.17) is 23.2 Å². The van der Waals surface area contributed by atoms with Crippen LogP contribution in [0.4, 0.5) is 14.5 Å². The number of β-amino-alcohol motifs (C(OH)–C–C–N with tert-alkyl or cyclic N) is 1. The Hall–Kier alpha value is -2.30. The van der Waals surface area contributed by atoms with Gasteiger partial charge in [0.25, 0.3) is 0 Å². The van der Waals surface area contributed by atoms with E-state index in [9.17, 15) is 23.5 Å². The van der Waals surface area contributed by atoms with E-state index in [1.807, 2.05) is 20.8 Å². The minimum absolute atomic E-state index is 0.128. The highest BCUT2D eigenvalue weighted by Crippen LogP contribution is 2.57. The summed E-state index contributed by atoms with van der Waals surface area (Å²) in [6.07, 6.45) is 0.801. The van der Waals surface area contributed by atoms with Gasteiger partial charge in [0.2, 0.25) is 11.8 Å². The van der Waals surface area contributed by atoms with Crippen LogP contribution in [0, 0.1) is 17.0 Å². The molecule has 11 heteroatoms. The third kappa shape index (κ3) is 5.23. The predicted molar refractivity (Wildman–Crippen MR) is 151 cm³/mol. The SMILES string of the molecule is CC(C)(C)C[C@H]1N[C@@H](C(=O)NCCN2CC[C@@H](O)C2)[C@H](c2ccc(F)c(Cl)c2)[C@@]12C(=O)Nc1cc(Cl)c(F)cc12. The third-order valence-corrected chi connectivity index (χ3v) is 8.84. The first-order chi connectivity index (χ1) is 18.8. The number of halogens is 4. The zero-order valence-electron chi connectivity index (χ0n) is 22.7. The molecule has 2 aromatic carbocycles. The Morgan fingerprint density at radius 3 is 2.55 bits per heavy atom. The maximum atomic E-state index is 15.0. The van der Waals surface area contributed by atoms with Crippen LogP contribution in [0.15, 0.2) is 30.3 Å². The summed E-state index contributed by atoms with van der Waals surface area (Å²) in [5.41, 5.74) is -0.421. The molecule has 2 aromatic rings. The van der Waals surface area contributed by atoms with Crippen LogP contribution in [0.5, 0.6) is 0 Å². The molecule has 0 unspecified atom stereocenters. The van der Waals surface area contributed by atoms with E-state index in [0.29, 0.717) is 49.3 Å². The van der Waals surface area contributed by atoms with Crippen molar-refractivity contribution in [2.24, 2.45) is 5.41 Å². The maximum Gasteiger partial charge on any atom is 0.237 e. The Balaban J connectivity index is 1.60. The highest BCUT2D eigenvalue weighted by atomic mass is 35.5. The lowest BCUT2D eigenvalue weighted by atomic mass is 9.62. The number of nitrogens with one attached hydrogen (secondary N) is 3. The van der Waals surface area contributed by atoms with Gasteiger partial charge in [-0.25, -0.2) is 8.78 Å². The van der Waals surface area contributed by atoms with E-state index in [1.54, 1.807) is 0 Å². The van der Waals surface area contributed by atoms with Crippen molar-refractivity contribution in [1.82, 2.24) is 15.5 Å². The van der Waals surface area contributed by atoms with Crippen molar-refractivity contribution in [1.29, 1.82) is 0 Å². The van der Waals surface area contributed by atoms with Gasteiger partial charge in [0.05, 0.1) is 22.2 Å². The fourth-order valence-corrected chi connectivity index (χ4v) is 6.95. The number of aliphatic hydroxyl groups excluding tert-OH is 1. The van der Waals surface area contributed by atoms with Crippen LogP contribution in [-0.4, -0.2) is 66.2 Å². The van der Waals surface area contributed by atoms with E-state index in [2.05, 4.69) is 20.9 Å². The van der Waals surface area contributed by atoms with Crippen LogP contribution < -0.4 is 16.0 Å². The average Bonchev–Trinajstić information content (AvgIpc) is 3.51. The Bertz CT molecular complexity index is 1340. The van der Waals surface area contributed by atoms with Gasteiger partial charge in [0, 0.05) is 43.8 Å². The van der Waals surface area contributed by atoms with Crippen molar-refractivity contribution in [2.45, 2.75) is 63.1 Å². The summed E-state index contributed by atoms with van der Waals surface area (Å²) in [5.74, 6) is -2.87. The topological polar surface area (TPSA) is 93.7 Å². The molecule has 2 saturated heterocycles. The number of hydrogen-bond acceptors (Lipinski definition) is 5. The van der Waals surface area contributed by atoms with Crippen LogP contribution in [-0.2, 0) is 15.0 Å². The zero-order chi connectivity index (χ0) is 29.0. The van der Waals surface area contributed by atoms with Crippen molar-refractivity contribution in [3.63, 3.8) is 0 Å². The molecule has 0 aromatic heterocycles.